The molecule has 100 valence electrons. The van der Waals surface area contributed by atoms with Crippen molar-refractivity contribution in [1.82, 2.24) is 5.32 Å². The van der Waals surface area contributed by atoms with Crippen molar-refractivity contribution in [3.63, 3.8) is 0 Å². The van der Waals surface area contributed by atoms with Gasteiger partial charge in [0, 0.05) is 23.8 Å². The van der Waals surface area contributed by atoms with E-state index in [1.165, 1.54) is 12.8 Å². The molecule has 0 aromatic heterocycles. The van der Waals surface area contributed by atoms with Gasteiger partial charge in [-0.05, 0) is 31.6 Å². The molecular weight excluding hydrogens is 234 g/mol. The van der Waals surface area contributed by atoms with Crippen molar-refractivity contribution in [2.45, 2.75) is 52.9 Å². The number of halogens is 1. The third-order valence-corrected chi connectivity index (χ3v) is 5.19. The molecule has 1 N–H and O–H groups in total. The fourth-order valence-electron chi connectivity index (χ4n) is 2.68. The Bertz CT molecular complexity index is 242. The number of carbonyl (C=O) groups excluding carboxylic acids is 1. The van der Waals surface area contributed by atoms with Crippen LogP contribution >= 0.6 is 11.6 Å². The van der Waals surface area contributed by atoms with Gasteiger partial charge < -0.3 is 5.32 Å². The summed E-state index contributed by atoms with van der Waals surface area (Å²) < 4.78 is 0. The first-order valence-electron chi connectivity index (χ1n) is 6.92. The van der Waals surface area contributed by atoms with E-state index in [9.17, 15) is 4.79 Å². The summed E-state index contributed by atoms with van der Waals surface area (Å²) in [5.41, 5.74) is 0.0824. The van der Waals surface area contributed by atoms with Gasteiger partial charge >= 0.3 is 0 Å². The quantitative estimate of drug-likeness (QED) is 0.726. The highest BCUT2D eigenvalue weighted by Crippen LogP contribution is 2.32. The molecule has 0 spiro atoms. The van der Waals surface area contributed by atoms with Crippen molar-refractivity contribution in [2.24, 2.45) is 17.3 Å². The average molecular weight is 260 g/mol. The van der Waals surface area contributed by atoms with E-state index in [0.717, 1.165) is 25.8 Å². The van der Waals surface area contributed by atoms with Crippen LogP contribution < -0.4 is 5.32 Å². The second-order valence-electron chi connectivity index (χ2n) is 5.57. The van der Waals surface area contributed by atoms with Gasteiger partial charge in [0.15, 0.2) is 0 Å². The minimum Gasteiger partial charge on any atom is -0.355 e. The summed E-state index contributed by atoms with van der Waals surface area (Å²) >= 11 is 6.05. The summed E-state index contributed by atoms with van der Waals surface area (Å²) in [5, 5.41) is 3.13. The fourth-order valence-corrected chi connectivity index (χ4v) is 3.15. The number of alkyl halides is 1. The number of nitrogens with one attached hydrogen (secondary N) is 1. The maximum absolute atomic E-state index is 12.1. The monoisotopic (exact) mass is 259 g/mol. The number of hydrogen-bond donors (Lipinski definition) is 1. The summed E-state index contributed by atoms with van der Waals surface area (Å²) in [6, 6.07) is 0. The van der Waals surface area contributed by atoms with Crippen molar-refractivity contribution >= 4 is 17.5 Å². The third kappa shape index (κ3) is 3.61. The molecule has 2 unspecified atom stereocenters. The van der Waals surface area contributed by atoms with Crippen LogP contribution in [0.1, 0.15) is 52.9 Å². The highest BCUT2D eigenvalue weighted by atomic mass is 35.5. The highest BCUT2D eigenvalue weighted by Gasteiger charge is 2.32. The Balaban J connectivity index is 2.46. The van der Waals surface area contributed by atoms with Gasteiger partial charge in [-0.2, -0.15) is 0 Å². The van der Waals surface area contributed by atoms with E-state index in [1.807, 2.05) is 0 Å². The molecule has 0 aromatic rings. The Morgan fingerprint density at radius 3 is 2.41 bits per heavy atom. The van der Waals surface area contributed by atoms with Gasteiger partial charge in [0.2, 0.25) is 5.91 Å². The third-order valence-electron chi connectivity index (χ3n) is 4.62. The van der Waals surface area contributed by atoms with E-state index in [0.29, 0.717) is 11.8 Å². The molecule has 1 rings (SSSR count). The van der Waals surface area contributed by atoms with E-state index in [4.69, 9.17) is 11.6 Å². The molecule has 0 aromatic carbocycles. The topological polar surface area (TPSA) is 29.1 Å². The lowest BCUT2D eigenvalue weighted by molar-refractivity contribution is -0.126. The molecule has 0 radical (unpaired) electrons. The van der Waals surface area contributed by atoms with Crippen LogP contribution in [0.25, 0.3) is 0 Å². The van der Waals surface area contributed by atoms with Crippen LogP contribution in [0.4, 0.5) is 0 Å². The summed E-state index contributed by atoms with van der Waals surface area (Å²) in [7, 11) is 0. The van der Waals surface area contributed by atoms with Gasteiger partial charge in [-0.1, -0.05) is 27.2 Å². The molecule has 1 fully saturated rings. The van der Waals surface area contributed by atoms with Crippen LogP contribution in [0, 0.1) is 17.3 Å². The van der Waals surface area contributed by atoms with Crippen molar-refractivity contribution in [3.8, 4) is 0 Å². The summed E-state index contributed by atoms with van der Waals surface area (Å²) in [4.78, 5) is 12.1. The maximum Gasteiger partial charge on any atom is 0.223 e. The molecule has 1 aliphatic carbocycles. The molecule has 2 nitrogen and oxygen atoms in total. The van der Waals surface area contributed by atoms with Crippen molar-refractivity contribution in [1.29, 1.82) is 0 Å². The first-order valence-corrected chi connectivity index (χ1v) is 7.45. The van der Waals surface area contributed by atoms with Gasteiger partial charge in [0.05, 0.1) is 0 Å². The van der Waals surface area contributed by atoms with Crippen molar-refractivity contribution in [2.75, 3.05) is 12.4 Å². The molecule has 3 heteroatoms. The van der Waals surface area contributed by atoms with E-state index in [1.54, 1.807) is 0 Å². The number of amides is 1. The molecule has 2 atom stereocenters. The number of hydrogen-bond acceptors (Lipinski definition) is 1. The lowest BCUT2D eigenvalue weighted by Gasteiger charge is -2.30. The molecule has 0 saturated heterocycles. The zero-order valence-electron chi connectivity index (χ0n) is 11.4. The van der Waals surface area contributed by atoms with E-state index in [2.05, 4.69) is 26.1 Å². The van der Waals surface area contributed by atoms with Crippen LogP contribution in [0.2, 0.25) is 0 Å². The molecular formula is C14H26ClNO. The maximum atomic E-state index is 12.1. The Kier molecular flexibility index (Phi) is 5.78. The molecule has 1 aliphatic rings. The van der Waals surface area contributed by atoms with Gasteiger partial charge in [-0.15, -0.1) is 11.6 Å². The zero-order valence-corrected chi connectivity index (χ0v) is 12.1. The smallest absolute Gasteiger partial charge is 0.223 e. The molecule has 0 bridgehead atoms. The Labute approximate surface area is 110 Å². The van der Waals surface area contributed by atoms with Crippen LogP contribution in [0.5, 0.6) is 0 Å². The van der Waals surface area contributed by atoms with Gasteiger partial charge in [0.25, 0.3) is 0 Å². The van der Waals surface area contributed by atoms with Crippen LogP contribution in [-0.2, 0) is 4.79 Å². The second-order valence-corrected chi connectivity index (χ2v) is 5.84. The SMILES string of the molecule is CCC(CC)(CCl)CNC(=O)C1CCCC1C. The van der Waals surface area contributed by atoms with Crippen LogP contribution in [0.15, 0.2) is 0 Å². The molecule has 1 amide bonds. The summed E-state index contributed by atoms with van der Waals surface area (Å²) in [6.45, 7) is 7.21. The molecule has 0 heterocycles. The lowest BCUT2D eigenvalue weighted by atomic mass is 9.84. The predicted molar refractivity (Wildman–Crippen MR) is 73.2 cm³/mol. The fraction of sp³-hybridized carbons (Fsp3) is 0.929. The first kappa shape index (κ1) is 14.8. The first-order chi connectivity index (χ1) is 8.08. The van der Waals surface area contributed by atoms with Crippen LogP contribution in [0.3, 0.4) is 0 Å². The molecule has 0 aliphatic heterocycles. The largest absolute Gasteiger partial charge is 0.355 e. The number of rotatable bonds is 6. The Morgan fingerprint density at radius 2 is 2.00 bits per heavy atom. The van der Waals surface area contributed by atoms with Gasteiger partial charge in [-0.25, -0.2) is 0 Å². The average Bonchev–Trinajstić information content (AvgIpc) is 2.78. The zero-order chi connectivity index (χ0) is 12.9. The van der Waals surface area contributed by atoms with E-state index < -0.39 is 0 Å². The van der Waals surface area contributed by atoms with Gasteiger partial charge in [0.1, 0.15) is 0 Å². The van der Waals surface area contributed by atoms with E-state index in [-0.39, 0.29) is 17.2 Å². The predicted octanol–water partition coefficient (Wildman–Crippen LogP) is 3.58. The summed E-state index contributed by atoms with van der Waals surface area (Å²) in [6.07, 6.45) is 5.49. The number of carbonyl (C=O) groups is 1. The standard InChI is InChI=1S/C14H26ClNO/c1-4-14(5-2,9-15)10-16-13(17)12-8-6-7-11(12)3/h11-12H,4-10H2,1-3H3,(H,16,17). The second kappa shape index (κ2) is 6.63. The minimum absolute atomic E-state index is 0.0824. The molecule has 17 heavy (non-hydrogen) atoms. The van der Waals surface area contributed by atoms with Crippen molar-refractivity contribution in [3.05, 3.63) is 0 Å². The minimum atomic E-state index is 0.0824. The normalized spacial score (nSPS) is 24.9. The van der Waals surface area contributed by atoms with Gasteiger partial charge in [-0.3, -0.25) is 4.79 Å². The lowest BCUT2D eigenvalue weighted by Crippen LogP contribution is -2.41. The summed E-state index contributed by atoms with van der Waals surface area (Å²) in [5.74, 6) is 1.65. The Hall–Kier alpha value is -0.240. The highest BCUT2D eigenvalue weighted by molar-refractivity contribution is 6.18. The van der Waals surface area contributed by atoms with Crippen molar-refractivity contribution < 1.29 is 4.79 Å². The van der Waals surface area contributed by atoms with E-state index >= 15 is 0 Å². The molecule has 1 saturated carbocycles. The Morgan fingerprint density at radius 1 is 1.35 bits per heavy atom. The van der Waals surface area contributed by atoms with Crippen LogP contribution in [-0.4, -0.2) is 18.3 Å².